The number of nitro groups is 1. The lowest BCUT2D eigenvalue weighted by atomic mass is 9.73. The molecule has 1 aliphatic heterocycles. The number of hydrogen-bond acceptors (Lipinski definition) is 6. The average molecular weight is 494 g/mol. The number of carbonyl (C=O) groups is 1. The molecule has 0 saturated carbocycles. The van der Waals surface area contributed by atoms with Gasteiger partial charge in [-0.25, -0.2) is 4.99 Å². The smallest absolute Gasteiger partial charge is 0.271 e. The van der Waals surface area contributed by atoms with E-state index in [4.69, 9.17) is 16.6 Å². The van der Waals surface area contributed by atoms with Crippen LogP contribution in [0, 0.1) is 15.5 Å². The van der Waals surface area contributed by atoms with Crippen LogP contribution in [0.25, 0.3) is 6.08 Å². The largest absolute Gasteiger partial charge is 0.294 e. The lowest BCUT2D eigenvalue weighted by Gasteiger charge is -2.35. The van der Waals surface area contributed by atoms with Gasteiger partial charge in [-0.15, -0.1) is 0 Å². The van der Waals surface area contributed by atoms with Gasteiger partial charge in [-0.3, -0.25) is 24.3 Å². The number of rotatable bonds is 3. The van der Waals surface area contributed by atoms with Crippen molar-refractivity contribution < 1.29 is 9.72 Å². The Kier molecular flexibility index (Phi) is 5.37. The molecule has 2 aromatic carbocycles. The molecular formula is C25H20ClN3O4S. The highest BCUT2D eigenvalue weighted by Gasteiger charge is 2.40. The maximum absolute atomic E-state index is 13.6. The van der Waals surface area contributed by atoms with Gasteiger partial charge in [-0.1, -0.05) is 48.9 Å². The number of thiazole rings is 1. The Bertz CT molecular complexity index is 1550. The molecule has 2 heterocycles. The fourth-order valence-corrected chi connectivity index (χ4v) is 5.70. The summed E-state index contributed by atoms with van der Waals surface area (Å²) in [6.45, 7) is 4.06. The van der Waals surface area contributed by atoms with Gasteiger partial charge >= 0.3 is 0 Å². The normalized spacial score (nSPS) is 19.4. The molecule has 0 fully saturated rings. The summed E-state index contributed by atoms with van der Waals surface area (Å²) >= 11 is 7.25. The number of nitro benzene ring substituents is 1. The number of Topliss-reactive ketones (excluding diaryl/α,β-unsaturated/α-hetero) is 1. The van der Waals surface area contributed by atoms with Gasteiger partial charge in [0.2, 0.25) is 0 Å². The maximum Gasteiger partial charge on any atom is 0.271 e. The zero-order valence-electron chi connectivity index (χ0n) is 18.4. The Morgan fingerprint density at radius 1 is 1.12 bits per heavy atom. The van der Waals surface area contributed by atoms with Crippen molar-refractivity contribution in [2.45, 2.75) is 32.7 Å². The van der Waals surface area contributed by atoms with Crippen LogP contribution < -0.4 is 14.9 Å². The fraction of sp³-hybridized carbons (Fsp3) is 0.240. The van der Waals surface area contributed by atoms with Gasteiger partial charge in [0, 0.05) is 29.1 Å². The Morgan fingerprint density at radius 3 is 2.44 bits per heavy atom. The first kappa shape index (κ1) is 22.4. The molecule has 7 nitrogen and oxygen atoms in total. The van der Waals surface area contributed by atoms with E-state index >= 15 is 0 Å². The molecule has 1 aliphatic carbocycles. The zero-order valence-corrected chi connectivity index (χ0v) is 20.0. The molecule has 0 radical (unpaired) electrons. The third kappa shape index (κ3) is 3.93. The van der Waals surface area contributed by atoms with Gasteiger partial charge < -0.3 is 0 Å². The predicted octanol–water partition coefficient (Wildman–Crippen LogP) is 4.17. The van der Waals surface area contributed by atoms with Gasteiger partial charge in [-0.05, 0) is 53.3 Å². The summed E-state index contributed by atoms with van der Waals surface area (Å²) in [5.41, 5.74) is 2.10. The number of aromatic nitrogens is 1. The van der Waals surface area contributed by atoms with E-state index in [2.05, 4.69) is 0 Å². The van der Waals surface area contributed by atoms with Crippen molar-refractivity contribution in [2.75, 3.05) is 0 Å². The molecular weight excluding hydrogens is 474 g/mol. The highest BCUT2D eigenvalue weighted by molar-refractivity contribution is 7.07. The number of ketones is 1. The van der Waals surface area contributed by atoms with Crippen molar-refractivity contribution >= 4 is 40.5 Å². The van der Waals surface area contributed by atoms with Crippen LogP contribution in [0.1, 0.15) is 43.9 Å². The number of halogens is 1. The van der Waals surface area contributed by atoms with E-state index in [9.17, 15) is 19.7 Å². The minimum absolute atomic E-state index is 0.0506. The number of allylic oxidation sites excluding steroid dienone is 2. The molecule has 9 heteroatoms. The number of benzene rings is 2. The number of nitrogens with zero attached hydrogens (tertiary/aromatic N) is 3. The summed E-state index contributed by atoms with van der Waals surface area (Å²) in [7, 11) is 0. The lowest BCUT2D eigenvalue weighted by Crippen LogP contribution is -2.42. The SMILES string of the molecule is CC1(C)CC(=O)C2=C(C1)N=c1sc(=Cc3ccc(Cl)cc3)c(=O)n1C2c1ccc([N+](=O)[O-])cc1. The van der Waals surface area contributed by atoms with Crippen molar-refractivity contribution in [3.05, 3.63) is 106 Å². The second-order valence-corrected chi connectivity index (χ2v) is 10.7. The third-order valence-electron chi connectivity index (χ3n) is 6.08. The molecule has 34 heavy (non-hydrogen) atoms. The molecule has 1 atom stereocenters. The third-order valence-corrected chi connectivity index (χ3v) is 7.32. The van der Waals surface area contributed by atoms with Crippen LogP contribution in [0.2, 0.25) is 5.02 Å². The van der Waals surface area contributed by atoms with Crippen molar-refractivity contribution in [3.8, 4) is 0 Å². The first-order valence-electron chi connectivity index (χ1n) is 10.7. The molecule has 0 bridgehead atoms. The van der Waals surface area contributed by atoms with Crippen molar-refractivity contribution in [3.63, 3.8) is 0 Å². The summed E-state index contributed by atoms with van der Waals surface area (Å²) in [5, 5.41) is 11.8. The molecule has 1 aromatic heterocycles. The molecule has 0 spiro atoms. The number of fused-ring (bicyclic) bond motifs is 1. The Morgan fingerprint density at radius 2 is 1.79 bits per heavy atom. The standard InChI is InChI=1S/C25H20ClN3O4S/c1-25(2)12-18-21(19(30)13-25)22(15-5-9-17(10-6-15)29(32)33)28-23(31)20(34-24(28)27-18)11-14-3-7-16(26)8-4-14/h3-11,22H,12-13H2,1-2H3. The van der Waals surface area contributed by atoms with E-state index < -0.39 is 11.0 Å². The van der Waals surface area contributed by atoms with E-state index in [1.807, 2.05) is 26.0 Å². The van der Waals surface area contributed by atoms with Gasteiger partial charge in [0.25, 0.3) is 11.2 Å². The van der Waals surface area contributed by atoms with Gasteiger partial charge in [-0.2, -0.15) is 0 Å². The van der Waals surface area contributed by atoms with E-state index in [0.717, 1.165) is 5.56 Å². The summed E-state index contributed by atoms with van der Waals surface area (Å²) in [5.74, 6) is -0.0506. The van der Waals surface area contributed by atoms with Gasteiger partial charge in [0.1, 0.15) is 0 Å². The van der Waals surface area contributed by atoms with Crippen molar-refractivity contribution in [1.29, 1.82) is 0 Å². The Labute approximate surface area is 203 Å². The number of hydrogen-bond donors (Lipinski definition) is 0. The molecule has 5 rings (SSSR count). The second kappa shape index (κ2) is 8.14. The molecule has 3 aromatic rings. The molecule has 0 N–H and O–H groups in total. The summed E-state index contributed by atoms with van der Waals surface area (Å²) in [4.78, 5) is 42.8. The predicted molar refractivity (Wildman–Crippen MR) is 131 cm³/mol. The van der Waals surface area contributed by atoms with E-state index in [-0.39, 0.29) is 22.4 Å². The van der Waals surface area contributed by atoms with Gasteiger partial charge in [0.15, 0.2) is 10.6 Å². The zero-order chi connectivity index (χ0) is 24.2. The van der Waals surface area contributed by atoms with E-state index in [1.165, 1.54) is 23.5 Å². The quantitative estimate of drug-likeness (QED) is 0.404. The van der Waals surface area contributed by atoms with Crippen LogP contribution in [0.15, 0.2) is 69.6 Å². The maximum atomic E-state index is 13.6. The molecule has 0 amide bonds. The minimum Gasteiger partial charge on any atom is -0.294 e. The lowest BCUT2D eigenvalue weighted by molar-refractivity contribution is -0.384. The first-order valence-corrected chi connectivity index (χ1v) is 11.9. The van der Waals surface area contributed by atoms with Crippen LogP contribution in [0.4, 0.5) is 5.69 Å². The van der Waals surface area contributed by atoms with Crippen LogP contribution in [-0.2, 0) is 4.79 Å². The molecule has 1 unspecified atom stereocenters. The van der Waals surface area contributed by atoms with Crippen LogP contribution in [0.5, 0.6) is 0 Å². The summed E-state index contributed by atoms with van der Waals surface area (Å²) < 4.78 is 2.03. The van der Waals surface area contributed by atoms with Crippen LogP contribution >= 0.6 is 22.9 Å². The number of carbonyl (C=O) groups excluding carboxylic acids is 1. The van der Waals surface area contributed by atoms with Crippen molar-refractivity contribution in [1.82, 2.24) is 4.57 Å². The number of non-ortho nitro benzene ring substituents is 1. The topological polar surface area (TPSA) is 94.6 Å². The Hall–Kier alpha value is -3.36. The van der Waals surface area contributed by atoms with Gasteiger partial charge in [0.05, 0.1) is 21.2 Å². The van der Waals surface area contributed by atoms with E-state index in [1.54, 1.807) is 34.9 Å². The molecule has 172 valence electrons. The Balaban J connectivity index is 1.74. The summed E-state index contributed by atoms with van der Waals surface area (Å²) in [6.07, 6.45) is 2.74. The monoisotopic (exact) mass is 493 g/mol. The second-order valence-electron chi connectivity index (χ2n) is 9.28. The van der Waals surface area contributed by atoms with E-state index in [0.29, 0.717) is 44.0 Å². The fourth-order valence-electron chi connectivity index (χ4n) is 4.55. The molecule has 0 saturated heterocycles. The van der Waals surface area contributed by atoms with Crippen LogP contribution in [-0.4, -0.2) is 15.3 Å². The van der Waals surface area contributed by atoms with Crippen LogP contribution in [0.3, 0.4) is 0 Å². The highest BCUT2D eigenvalue weighted by atomic mass is 35.5. The first-order chi connectivity index (χ1) is 16.1. The minimum atomic E-state index is -0.678. The molecule has 2 aliphatic rings. The highest BCUT2D eigenvalue weighted by Crippen LogP contribution is 2.43. The average Bonchev–Trinajstić information content (AvgIpc) is 3.08. The van der Waals surface area contributed by atoms with Crippen molar-refractivity contribution in [2.24, 2.45) is 10.4 Å². The summed E-state index contributed by atoms with van der Waals surface area (Å²) in [6, 6.07) is 12.5.